The first-order chi connectivity index (χ1) is 10.2. The molecule has 0 amide bonds. The molecule has 1 aliphatic rings. The maximum atomic E-state index is 14.0. The second-order valence-corrected chi connectivity index (χ2v) is 6.16. The largest absolute Gasteiger partial charge is 0.382 e. The molecule has 3 rings (SSSR count). The molecule has 0 aromatic heterocycles. The molecular weight excluding hydrogens is 285 g/mol. The molecule has 1 nitrogen and oxygen atoms in total. The highest BCUT2D eigenvalue weighted by molar-refractivity contribution is 6.30. The zero-order chi connectivity index (χ0) is 14.7. The predicted molar refractivity (Wildman–Crippen MR) is 86.5 cm³/mol. The van der Waals surface area contributed by atoms with Gasteiger partial charge in [-0.1, -0.05) is 35.9 Å². The van der Waals surface area contributed by atoms with Crippen LogP contribution in [0.15, 0.2) is 48.5 Å². The minimum atomic E-state index is -0.165. The molecule has 3 heteroatoms. The summed E-state index contributed by atoms with van der Waals surface area (Å²) in [5, 5.41) is 4.03. The number of hydrogen-bond donors (Lipinski definition) is 1. The van der Waals surface area contributed by atoms with Crippen molar-refractivity contribution >= 4 is 17.3 Å². The molecule has 21 heavy (non-hydrogen) atoms. The summed E-state index contributed by atoms with van der Waals surface area (Å²) >= 11 is 5.82. The summed E-state index contributed by atoms with van der Waals surface area (Å²) < 4.78 is 14.0. The van der Waals surface area contributed by atoms with E-state index < -0.39 is 0 Å². The lowest BCUT2D eigenvalue weighted by molar-refractivity contribution is 0.402. The first-order valence-corrected chi connectivity index (χ1v) is 7.86. The molecule has 1 N–H and O–H groups in total. The van der Waals surface area contributed by atoms with E-state index in [9.17, 15) is 4.39 Å². The fourth-order valence-corrected chi connectivity index (χ4v) is 3.31. The highest BCUT2D eigenvalue weighted by Crippen LogP contribution is 2.35. The Morgan fingerprint density at radius 3 is 2.33 bits per heavy atom. The summed E-state index contributed by atoms with van der Waals surface area (Å²) in [6.07, 6.45) is 4.18. The molecule has 110 valence electrons. The van der Waals surface area contributed by atoms with Gasteiger partial charge >= 0.3 is 0 Å². The quantitative estimate of drug-likeness (QED) is 0.776. The monoisotopic (exact) mass is 303 g/mol. The Bertz CT molecular complexity index is 591. The van der Waals surface area contributed by atoms with Gasteiger partial charge in [0, 0.05) is 16.8 Å². The Labute approximate surface area is 130 Å². The third-order valence-electron chi connectivity index (χ3n) is 4.27. The maximum Gasteiger partial charge on any atom is 0.128 e. The molecular formula is C18H19ClFN. The van der Waals surface area contributed by atoms with Gasteiger partial charge in [0.15, 0.2) is 0 Å². The van der Waals surface area contributed by atoms with Gasteiger partial charge in [0.2, 0.25) is 0 Å². The maximum absolute atomic E-state index is 14.0. The molecule has 0 saturated heterocycles. The summed E-state index contributed by atoms with van der Waals surface area (Å²) in [7, 11) is 0. The standard InChI is InChI=1S/C18H19ClFN/c19-14-8-11-17(18(20)12-14)13-6-9-16(10-7-13)21-15-4-2-1-3-5-15/h1-5,8,11-13,16,21H,6-7,9-10H2. The van der Waals surface area contributed by atoms with Gasteiger partial charge in [-0.25, -0.2) is 4.39 Å². The van der Waals surface area contributed by atoms with Crippen molar-refractivity contribution in [2.24, 2.45) is 0 Å². The van der Waals surface area contributed by atoms with Crippen LogP contribution >= 0.6 is 11.6 Å². The van der Waals surface area contributed by atoms with Gasteiger partial charge in [-0.15, -0.1) is 0 Å². The molecule has 0 unspecified atom stereocenters. The normalized spacial score (nSPS) is 22.0. The van der Waals surface area contributed by atoms with E-state index >= 15 is 0 Å². The van der Waals surface area contributed by atoms with Crippen LogP contribution in [0.2, 0.25) is 5.02 Å². The van der Waals surface area contributed by atoms with E-state index in [0.29, 0.717) is 17.0 Å². The minimum Gasteiger partial charge on any atom is -0.382 e. The lowest BCUT2D eigenvalue weighted by Crippen LogP contribution is -2.25. The highest BCUT2D eigenvalue weighted by atomic mass is 35.5. The number of nitrogens with one attached hydrogen (secondary N) is 1. The number of hydrogen-bond acceptors (Lipinski definition) is 1. The zero-order valence-corrected chi connectivity index (χ0v) is 12.6. The molecule has 1 aliphatic carbocycles. The molecule has 0 bridgehead atoms. The van der Waals surface area contributed by atoms with Gasteiger partial charge < -0.3 is 5.32 Å². The Morgan fingerprint density at radius 1 is 0.952 bits per heavy atom. The fourth-order valence-electron chi connectivity index (χ4n) is 3.15. The lowest BCUT2D eigenvalue weighted by atomic mass is 9.81. The van der Waals surface area contributed by atoms with E-state index in [2.05, 4.69) is 17.4 Å². The first-order valence-electron chi connectivity index (χ1n) is 7.49. The Hall–Kier alpha value is -1.54. The summed E-state index contributed by atoms with van der Waals surface area (Å²) in [6, 6.07) is 15.8. The summed E-state index contributed by atoms with van der Waals surface area (Å²) in [6.45, 7) is 0. The van der Waals surface area contributed by atoms with Crippen LogP contribution in [0.3, 0.4) is 0 Å². The molecule has 0 aliphatic heterocycles. The smallest absolute Gasteiger partial charge is 0.128 e. The average molecular weight is 304 g/mol. The second-order valence-electron chi connectivity index (χ2n) is 5.72. The topological polar surface area (TPSA) is 12.0 Å². The highest BCUT2D eigenvalue weighted by Gasteiger charge is 2.24. The van der Waals surface area contributed by atoms with Crippen LogP contribution < -0.4 is 5.32 Å². The van der Waals surface area contributed by atoms with E-state index in [1.165, 1.54) is 11.8 Å². The van der Waals surface area contributed by atoms with Crippen molar-refractivity contribution in [1.29, 1.82) is 0 Å². The predicted octanol–water partition coefficient (Wildman–Crippen LogP) is 5.62. The Balaban J connectivity index is 1.60. The molecule has 0 heterocycles. The van der Waals surface area contributed by atoms with E-state index in [-0.39, 0.29) is 5.82 Å². The second kappa shape index (κ2) is 6.48. The van der Waals surface area contributed by atoms with Gasteiger partial charge in [0.05, 0.1) is 0 Å². The van der Waals surface area contributed by atoms with Crippen molar-refractivity contribution < 1.29 is 4.39 Å². The molecule has 1 saturated carbocycles. The van der Waals surface area contributed by atoms with Crippen molar-refractivity contribution in [2.45, 2.75) is 37.6 Å². The summed E-state index contributed by atoms with van der Waals surface area (Å²) in [5.74, 6) is 0.151. The molecule has 2 aromatic carbocycles. The zero-order valence-electron chi connectivity index (χ0n) is 11.9. The van der Waals surface area contributed by atoms with Gasteiger partial charge in [-0.2, -0.15) is 0 Å². The van der Waals surface area contributed by atoms with Crippen LogP contribution in [0, 0.1) is 5.82 Å². The molecule has 0 radical (unpaired) electrons. The average Bonchev–Trinajstić information content (AvgIpc) is 2.49. The van der Waals surface area contributed by atoms with Crippen molar-refractivity contribution in [3.8, 4) is 0 Å². The fraction of sp³-hybridized carbons (Fsp3) is 0.333. The summed E-state index contributed by atoms with van der Waals surface area (Å²) in [5.41, 5.74) is 1.98. The third-order valence-corrected chi connectivity index (χ3v) is 4.51. The van der Waals surface area contributed by atoms with Gasteiger partial charge in [-0.3, -0.25) is 0 Å². The number of para-hydroxylation sites is 1. The van der Waals surface area contributed by atoms with Crippen LogP contribution in [-0.4, -0.2) is 6.04 Å². The Morgan fingerprint density at radius 2 is 1.67 bits per heavy atom. The van der Waals surface area contributed by atoms with E-state index in [1.807, 2.05) is 24.3 Å². The number of benzene rings is 2. The van der Waals surface area contributed by atoms with Crippen LogP contribution in [0.5, 0.6) is 0 Å². The van der Waals surface area contributed by atoms with Crippen LogP contribution in [0.25, 0.3) is 0 Å². The molecule has 2 aromatic rings. The number of halogens is 2. The van der Waals surface area contributed by atoms with E-state index in [1.54, 1.807) is 6.07 Å². The van der Waals surface area contributed by atoms with Gasteiger partial charge in [0.1, 0.15) is 5.82 Å². The van der Waals surface area contributed by atoms with Crippen LogP contribution in [-0.2, 0) is 0 Å². The number of anilines is 1. The van der Waals surface area contributed by atoms with E-state index in [0.717, 1.165) is 31.2 Å². The SMILES string of the molecule is Fc1cc(Cl)ccc1C1CCC(Nc2ccccc2)CC1. The first kappa shape index (κ1) is 14.4. The van der Waals surface area contributed by atoms with Gasteiger partial charge in [0.25, 0.3) is 0 Å². The molecule has 1 fully saturated rings. The number of rotatable bonds is 3. The van der Waals surface area contributed by atoms with Gasteiger partial charge in [-0.05, 0) is 61.4 Å². The van der Waals surface area contributed by atoms with E-state index in [4.69, 9.17) is 11.6 Å². The third kappa shape index (κ3) is 3.56. The van der Waals surface area contributed by atoms with Crippen molar-refractivity contribution in [1.82, 2.24) is 0 Å². The minimum absolute atomic E-state index is 0.165. The van der Waals surface area contributed by atoms with Crippen LogP contribution in [0.1, 0.15) is 37.2 Å². The van der Waals surface area contributed by atoms with Crippen molar-refractivity contribution in [2.75, 3.05) is 5.32 Å². The molecule has 0 spiro atoms. The summed E-state index contributed by atoms with van der Waals surface area (Å²) in [4.78, 5) is 0. The van der Waals surface area contributed by atoms with Crippen molar-refractivity contribution in [3.63, 3.8) is 0 Å². The Kier molecular flexibility index (Phi) is 4.45. The molecule has 0 atom stereocenters. The lowest BCUT2D eigenvalue weighted by Gasteiger charge is -2.30. The van der Waals surface area contributed by atoms with Crippen LogP contribution in [0.4, 0.5) is 10.1 Å². The van der Waals surface area contributed by atoms with Crippen molar-refractivity contribution in [3.05, 3.63) is 64.9 Å².